The Hall–Kier alpha value is -1.88. The number of hydrogen-bond acceptors (Lipinski definition) is 4. The second kappa shape index (κ2) is 12.6. The zero-order valence-corrected chi connectivity index (χ0v) is 18.5. The summed E-state index contributed by atoms with van der Waals surface area (Å²) in [7, 11) is 3.05. The Labute approximate surface area is 184 Å². The molecule has 2 aromatic rings. The highest BCUT2D eigenvalue weighted by molar-refractivity contribution is 14.0. The Kier molecular flexibility index (Phi) is 10.8. The maximum Gasteiger partial charge on any atom is 0.387 e. The van der Waals surface area contributed by atoms with Crippen molar-refractivity contribution in [1.29, 1.82) is 0 Å². The Bertz CT molecular complexity index is 764. The van der Waals surface area contributed by atoms with E-state index in [0.29, 0.717) is 24.2 Å². The van der Waals surface area contributed by atoms with Crippen molar-refractivity contribution in [2.24, 2.45) is 4.99 Å². The predicted molar refractivity (Wildman–Crippen MR) is 116 cm³/mol. The first-order valence-electron chi connectivity index (χ1n) is 8.18. The van der Waals surface area contributed by atoms with Gasteiger partial charge in [-0.05, 0) is 35.7 Å². The van der Waals surface area contributed by atoms with Crippen LogP contribution in [0.3, 0.4) is 0 Å². The SMILES string of the molecule is CN=C(NCCc1ccc(Cl)nc1)NCc1ccc(OC)c(OC(F)F)c1.I. The van der Waals surface area contributed by atoms with Crippen molar-refractivity contribution in [1.82, 2.24) is 15.6 Å². The van der Waals surface area contributed by atoms with Gasteiger partial charge < -0.3 is 20.1 Å². The summed E-state index contributed by atoms with van der Waals surface area (Å²) in [6.07, 6.45) is 2.47. The molecule has 1 aromatic carbocycles. The van der Waals surface area contributed by atoms with E-state index in [2.05, 4.69) is 25.3 Å². The van der Waals surface area contributed by atoms with Crippen LogP contribution >= 0.6 is 35.6 Å². The molecule has 1 aromatic heterocycles. The monoisotopic (exact) mass is 526 g/mol. The van der Waals surface area contributed by atoms with Crippen LogP contribution in [-0.4, -0.2) is 38.3 Å². The predicted octanol–water partition coefficient (Wildman–Crippen LogP) is 3.87. The zero-order chi connectivity index (χ0) is 19.6. The molecule has 2 N–H and O–H groups in total. The van der Waals surface area contributed by atoms with Crippen LogP contribution in [0.4, 0.5) is 8.78 Å². The third-order valence-electron chi connectivity index (χ3n) is 3.62. The highest BCUT2D eigenvalue weighted by Gasteiger charge is 2.11. The van der Waals surface area contributed by atoms with E-state index in [1.165, 1.54) is 13.2 Å². The van der Waals surface area contributed by atoms with Crippen LogP contribution in [0.1, 0.15) is 11.1 Å². The van der Waals surface area contributed by atoms with Crippen LogP contribution in [0.2, 0.25) is 5.15 Å². The summed E-state index contributed by atoms with van der Waals surface area (Å²) in [5.41, 5.74) is 1.79. The topological polar surface area (TPSA) is 67.8 Å². The number of nitrogens with zero attached hydrogens (tertiary/aromatic N) is 2. The van der Waals surface area contributed by atoms with Gasteiger partial charge in [0.2, 0.25) is 0 Å². The summed E-state index contributed by atoms with van der Waals surface area (Å²) in [5.74, 6) is 0.826. The standard InChI is InChI=1S/C18H21ClF2N4O2.HI/c1-22-18(23-8-7-12-4-6-16(19)24-10-12)25-11-13-3-5-14(26-2)15(9-13)27-17(20)21;/h3-6,9-10,17H,7-8,11H2,1-2H3,(H2,22,23,25);1H. The lowest BCUT2D eigenvalue weighted by molar-refractivity contribution is -0.0512. The van der Waals surface area contributed by atoms with E-state index >= 15 is 0 Å². The number of benzene rings is 1. The number of guanidine groups is 1. The van der Waals surface area contributed by atoms with Gasteiger partial charge in [0.1, 0.15) is 5.15 Å². The summed E-state index contributed by atoms with van der Waals surface area (Å²) < 4.78 is 34.5. The Balaban J connectivity index is 0.00000392. The van der Waals surface area contributed by atoms with Gasteiger partial charge in [-0.1, -0.05) is 23.7 Å². The number of aliphatic imine (C=N–C) groups is 1. The number of hydrogen-bond donors (Lipinski definition) is 2. The Morgan fingerprint density at radius 2 is 1.93 bits per heavy atom. The molecule has 154 valence electrons. The van der Waals surface area contributed by atoms with Crippen molar-refractivity contribution in [2.75, 3.05) is 20.7 Å². The summed E-state index contributed by atoms with van der Waals surface area (Å²) >= 11 is 5.76. The number of halogens is 4. The van der Waals surface area contributed by atoms with Gasteiger partial charge in [0, 0.05) is 26.3 Å². The van der Waals surface area contributed by atoms with Gasteiger partial charge >= 0.3 is 6.61 Å². The van der Waals surface area contributed by atoms with Crippen molar-refractivity contribution < 1.29 is 18.3 Å². The van der Waals surface area contributed by atoms with E-state index in [1.54, 1.807) is 31.4 Å². The van der Waals surface area contributed by atoms with E-state index in [1.807, 2.05) is 6.07 Å². The fourth-order valence-corrected chi connectivity index (χ4v) is 2.42. The Morgan fingerprint density at radius 1 is 1.18 bits per heavy atom. The minimum absolute atomic E-state index is 0. The molecule has 0 unspecified atom stereocenters. The van der Waals surface area contributed by atoms with Crippen molar-refractivity contribution in [3.8, 4) is 11.5 Å². The van der Waals surface area contributed by atoms with Crippen LogP contribution in [0.15, 0.2) is 41.5 Å². The van der Waals surface area contributed by atoms with Crippen molar-refractivity contribution in [2.45, 2.75) is 19.6 Å². The summed E-state index contributed by atoms with van der Waals surface area (Å²) in [5, 5.41) is 6.75. The van der Waals surface area contributed by atoms with E-state index in [9.17, 15) is 8.78 Å². The van der Waals surface area contributed by atoms with Crippen LogP contribution in [0.5, 0.6) is 11.5 Å². The number of nitrogens with one attached hydrogen (secondary N) is 2. The van der Waals surface area contributed by atoms with Crippen LogP contribution in [-0.2, 0) is 13.0 Å². The smallest absolute Gasteiger partial charge is 0.387 e. The molecule has 10 heteroatoms. The lowest BCUT2D eigenvalue weighted by atomic mass is 10.2. The van der Waals surface area contributed by atoms with Gasteiger partial charge in [-0.15, -0.1) is 24.0 Å². The highest BCUT2D eigenvalue weighted by Crippen LogP contribution is 2.29. The molecule has 0 aliphatic heterocycles. The largest absolute Gasteiger partial charge is 0.493 e. The molecular formula is C18H22ClF2IN4O2. The van der Waals surface area contributed by atoms with Crippen molar-refractivity contribution in [3.63, 3.8) is 0 Å². The molecule has 28 heavy (non-hydrogen) atoms. The number of pyridine rings is 1. The van der Waals surface area contributed by atoms with Gasteiger partial charge in [0.15, 0.2) is 17.5 Å². The first-order chi connectivity index (χ1) is 13.0. The molecule has 0 amide bonds. The number of rotatable bonds is 8. The van der Waals surface area contributed by atoms with E-state index in [4.69, 9.17) is 16.3 Å². The van der Waals surface area contributed by atoms with Crippen LogP contribution in [0, 0.1) is 0 Å². The molecule has 0 fully saturated rings. The highest BCUT2D eigenvalue weighted by atomic mass is 127. The quantitative estimate of drug-likeness (QED) is 0.237. The van der Waals surface area contributed by atoms with Crippen LogP contribution < -0.4 is 20.1 Å². The zero-order valence-electron chi connectivity index (χ0n) is 15.4. The minimum atomic E-state index is -2.92. The fraction of sp³-hybridized carbons (Fsp3) is 0.333. The van der Waals surface area contributed by atoms with E-state index in [0.717, 1.165) is 17.5 Å². The minimum Gasteiger partial charge on any atom is -0.493 e. The maximum atomic E-state index is 12.5. The third-order valence-corrected chi connectivity index (χ3v) is 3.85. The molecule has 2 rings (SSSR count). The number of alkyl halides is 2. The summed E-state index contributed by atoms with van der Waals surface area (Å²) in [6.45, 7) is -1.89. The molecule has 0 saturated carbocycles. The second-order valence-electron chi connectivity index (χ2n) is 5.46. The molecule has 0 radical (unpaired) electrons. The molecule has 6 nitrogen and oxygen atoms in total. The molecule has 0 atom stereocenters. The molecular weight excluding hydrogens is 505 g/mol. The lowest BCUT2D eigenvalue weighted by Gasteiger charge is -2.14. The number of methoxy groups -OCH3 is 1. The Morgan fingerprint density at radius 3 is 2.54 bits per heavy atom. The first-order valence-corrected chi connectivity index (χ1v) is 8.56. The molecule has 0 bridgehead atoms. The molecule has 0 saturated heterocycles. The number of aromatic nitrogens is 1. The third kappa shape index (κ3) is 8.01. The average Bonchev–Trinajstić information content (AvgIpc) is 2.65. The average molecular weight is 527 g/mol. The fourth-order valence-electron chi connectivity index (χ4n) is 2.31. The number of ether oxygens (including phenoxy) is 2. The summed E-state index contributed by atoms with van der Waals surface area (Å²) in [4.78, 5) is 8.17. The van der Waals surface area contributed by atoms with Gasteiger partial charge in [-0.25, -0.2) is 4.98 Å². The molecule has 1 heterocycles. The van der Waals surface area contributed by atoms with Crippen molar-refractivity contribution in [3.05, 3.63) is 52.8 Å². The van der Waals surface area contributed by atoms with Gasteiger partial charge in [0.05, 0.1) is 7.11 Å². The first kappa shape index (κ1) is 24.2. The molecule has 0 aliphatic rings. The summed E-state index contributed by atoms with van der Waals surface area (Å²) in [6, 6.07) is 8.50. The van der Waals surface area contributed by atoms with E-state index in [-0.39, 0.29) is 35.5 Å². The van der Waals surface area contributed by atoms with Crippen molar-refractivity contribution >= 4 is 41.5 Å². The van der Waals surface area contributed by atoms with E-state index < -0.39 is 6.61 Å². The second-order valence-corrected chi connectivity index (χ2v) is 5.84. The van der Waals surface area contributed by atoms with Gasteiger partial charge in [0.25, 0.3) is 0 Å². The molecule has 0 aliphatic carbocycles. The lowest BCUT2D eigenvalue weighted by Crippen LogP contribution is -2.37. The normalized spacial score (nSPS) is 11.0. The molecule has 0 spiro atoms. The van der Waals surface area contributed by atoms with Gasteiger partial charge in [-0.3, -0.25) is 4.99 Å². The van der Waals surface area contributed by atoms with Crippen LogP contribution in [0.25, 0.3) is 0 Å². The maximum absolute atomic E-state index is 12.5. The van der Waals surface area contributed by atoms with Gasteiger partial charge in [-0.2, -0.15) is 8.78 Å².